The summed E-state index contributed by atoms with van der Waals surface area (Å²) in [6.45, 7) is 0.869. The molecule has 3 rings (SSSR count). The van der Waals surface area contributed by atoms with Crippen molar-refractivity contribution in [2.24, 2.45) is 5.16 Å². The Balaban J connectivity index is 1.81. The van der Waals surface area contributed by atoms with Gasteiger partial charge in [-0.25, -0.2) is 13.4 Å². The smallest absolute Gasteiger partial charge is 0.280 e. The lowest BCUT2D eigenvalue weighted by Crippen LogP contribution is -2.25. The number of carbonyl (C=O) groups is 1. The number of nitrogens with zero attached hydrogens (tertiary/aromatic N) is 3. The van der Waals surface area contributed by atoms with Crippen LogP contribution < -0.4 is 5.32 Å². The third-order valence-electron chi connectivity index (χ3n) is 4.28. The molecule has 1 N–H and O–H groups in total. The lowest BCUT2D eigenvalue weighted by Gasteiger charge is -2.10. The van der Waals surface area contributed by atoms with Crippen LogP contribution in [0.15, 0.2) is 40.5 Å². The quantitative estimate of drug-likeness (QED) is 0.341. The van der Waals surface area contributed by atoms with E-state index in [1.54, 1.807) is 0 Å². The average Bonchev–Trinajstić information content (AvgIpc) is 3.40. The molecule has 1 fully saturated rings. The second-order valence-electron chi connectivity index (χ2n) is 6.56. The Morgan fingerprint density at radius 1 is 1.42 bits per heavy atom. The Kier molecular flexibility index (Phi) is 7.67. The highest BCUT2D eigenvalue weighted by Crippen LogP contribution is 2.19. The number of amides is 1. The van der Waals surface area contributed by atoms with Gasteiger partial charge in [0.15, 0.2) is 31.9 Å². The van der Waals surface area contributed by atoms with Crippen LogP contribution in [0.2, 0.25) is 0 Å². The molecule has 0 radical (unpaired) electrons. The number of thiazole rings is 1. The molecular formula is C19H19FN4O5S2. The van der Waals surface area contributed by atoms with E-state index in [0.717, 1.165) is 6.20 Å². The first-order valence-corrected chi connectivity index (χ1v) is 11.8. The van der Waals surface area contributed by atoms with Gasteiger partial charge in [0.25, 0.3) is 5.91 Å². The molecule has 1 aromatic heterocycles. The molecular weight excluding hydrogens is 447 g/mol. The van der Waals surface area contributed by atoms with Gasteiger partial charge in [0.2, 0.25) is 0 Å². The number of nitrogens with one attached hydrogen (secondary N) is 1. The van der Waals surface area contributed by atoms with E-state index in [4.69, 9.17) is 14.8 Å². The van der Waals surface area contributed by atoms with Crippen LogP contribution in [0.5, 0.6) is 0 Å². The van der Waals surface area contributed by atoms with Gasteiger partial charge >= 0.3 is 0 Å². The summed E-state index contributed by atoms with van der Waals surface area (Å²) in [5.74, 6) is -0.834. The summed E-state index contributed by atoms with van der Waals surface area (Å²) in [5.41, 5.74) is 0.195. The number of oxime groups is 1. The molecule has 9 nitrogen and oxygen atoms in total. The average molecular weight is 467 g/mol. The Bertz CT molecular complexity index is 1090. The number of halogens is 1. The Morgan fingerprint density at radius 2 is 2.19 bits per heavy atom. The number of carbonyl (C=O) groups excluding carboxylic acids is 1. The largest absolute Gasteiger partial charge is 0.389 e. The zero-order valence-electron chi connectivity index (χ0n) is 16.3. The fourth-order valence-electron chi connectivity index (χ4n) is 2.70. The van der Waals surface area contributed by atoms with Gasteiger partial charge in [-0.05, 0) is 18.6 Å². The maximum absolute atomic E-state index is 13.2. The van der Waals surface area contributed by atoms with Crippen molar-refractivity contribution in [2.45, 2.75) is 30.3 Å². The molecule has 0 aliphatic carbocycles. The first-order valence-electron chi connectivity index (χ1n) is 9.33. The Morgan fingerprint density at radius 3 is 2.81 bits per heavy atom. The van der Waals surface area contributed by atoms with Gasteiger partial charge in [-0.2, -0.15) is 9.65 Å². The fourth-order valence-corrected chi connectivity index (χ4v) is 4.55. The number of hydrogen-bond acceptors (Lipinski definition) is 9. The summed E-state index contributed by atoms with van der Waals surface area (Å²) in [6, 6.07) is 7.51. The third-order valence-corrected chi connectivity index (χ3v) is 6.80. The molecule has 1 aromatic carbocycles. The topological polar surface area (TPSA) is 131 Å². The molecule has 0 unspecified atom stereocenters. The van der Waals surface area contributed by atoms with Gasteiger partial charge in [-0.15, -0.1) is 0 Å². The number of unbranched alkanes of at least 4 members (excludes halogenated alkanes) is 1. The minimum Gasteiger partial charge on any atom is -0.389 e. The van der Waals surface area contributed by atoms with Gasteiger partial charge in [-0.3, -0.25) is 10.1 Å². The highest BCUT2D eigenvalue weighted by atomic mass is 32.2. The summed E-state index contributed by atoms with van der Waals surface area (Å²) in [5, 5.41) is 14.5. The van der Waals surface area contributed by atoms with E-state index >= 15 is 0 Å². The van der Waals surface area contributed by atoms with E-state index in [0.29, 0.717) is 36.5 Å². The summed E-state index contributed by atoms with van der Waals surface area (Å²) in [6.07, 6.45) is 1.68. The normalized spacial score (nSPS) is 16.6. The Hall–Kier alpha value is -2.88. The molecule has 1 aliphatic rings. The van der Waals surface area contributed by atoms with E-state index in [-0.39, 0.29) is 40.4 Å². The molecule has 1 saturated heterocycles. The van der Waals surface area contributed by atoms with E-state index < -0.39 is 20.9 Å². The molecule has 0 bridgehead atoms. The van der Waals surface area contributed by atoms with Crippen molar-refractivity contribution >= 4 is 37.9 Å². The van der Waals surface area contributed by atoms with Gasteiger partial charge in [0.05, 0.1) is 36.1 Å². The second kappa shape index (κ2) is 10.4. The maximum Gasteiger partial charge on any atom is 0.280 e. The van der Waals surface area contributed by atoms with Crippen LogP contribution in [-0.4, -0.2) is 50.1 Å². The molecule has 12 heteroatoms. The highest BCUT2D eigenvalue weighted by molar-refractivity contribution is 7.91. The summed E-state index contributed by atoms with van der Waals surface area (Å²) in [7, 11) is -3.56. The van der Waals surface area contributed by atoms with E-state index in [2.05, 4.69) is 15.5 Å². The molecule has 2 heterocycles. The van der Waals surface area contributed by atoms with Crippen LogP contribution in [-0.2, 0) is 24.2 Å². The van der Waals surface area contributed by atoms with Crippen molar-refractivity contribution in [3.05, 3.63) is 41.2 Å². The zero-order valence-corrected chi connectivity index (χ0v) is 17.9. The van der Waals surface area contributed by atoms with Crippen molar-refractivity contribution in [1.82, 2.24) is 4.98 Å². The zero-order chi connectivity index (χ0) is 22.3. The molecule has 0 saturated carbocycles. The Labute approximate surface area is 182 Å². The molecule has 1 atom stereocenters. The monoisotopic (exact) mass is 466 g/mol. The molecule has 1 amide bonds. The number of aromatic nitrogens is 1. The molecule has 2 aromatic rings. The highest BCUT2D eigenvalue weighted by Gasteiger charge is 2.22. The lowest BCUT2D eigenvalue weighted by molar-refractivity contribution is -0.110. The number of ether oxygens (including phenoxy) is 1. The summed E-state index contributed by atoms with van der Waals surface area (Å²) < 4.78 is 43.1. The predicted molar refractivity (Wildman–Crippen MR) is 111 cm³/mol. The van der Waals surface area contributed by atoms with Gasteiger partial charge in [0.1, 0.15) is 0 Å². The van der Waals surface area contributed by atoms with Crippen molar-refractivity contribution in [1.29, 1.82) is 5.26 Å². The fraction of sp³-hybridized carbons (Fsp3) is 0.368. The van der Waals surface area contributed by atoms with Crippen molar-refractivity contribution in [3.8, 4) is 6.07 Å². The van der Waals surface area contributed by atoms with Gasteiger partial charge in [-0.1, -0.05) is 28.6 Å². The third kappa shape index (κ3) is 6.30. The van der Waals surface area contributed by atoms with Crippen LogP contribution in [0.4, 0.5) is 9.52 Å². The summed E-state index contributed by atoms with van der Waals surface area (Å²) >= 11 is 0.660. The van der Waals surface area contributed by atoms with Crippen LogP contribution >= 0.6 is 11.3 Å². The van der Waals surface area contributed by atoms with Gasteiger partial charge in [0, 0.05) is 18.4 Å². The molecule has 1 aliphatic heterocycles. The SMILES string of the molecule is N#CCCCS(=O)(=O)c1ccc(C(=NO[C@@H]2CCOC2)C(=O)Nc2ncc(F)s2)cc1. The standard InChI is InChI=1S/C19H19FN4O5S2/c20-16-11-22-19(30-16)23-18(25)17(24-29-14-7-9-28-12-14)13-3-5-15(6-4-13)31(26,27)10-2-1-8-21/h3-6,11,14H,1-2,7,9-10,12H2,(H,22,23,25)/t14-/m1/s1. The van der Waals surface area contributed by atoms with Gasteiger partial charge < -0.3 is 9.57 Å². The van der Waals surface area contributed by atoms with Crippen LogP contribution in [0.25, 0.3) is 0 Å². The number of anilines is 1. The minimum absolute atomic E-state index is 0.0519. The minimum atomic E-state index is -3.56. The van der Waals surface area contributed by atoms with E-state index in [9.17, 15) is 17.6 Å². The van der Waals surface area contributed by atoms with Crippen LogP contribution in [0.3, 0.4) is 0 Å². The molecule has 164 valence electrons. The van der Waals surface area contributed by atoms with E-state index in [1.807, 2.05) is 6.07 Å². The first-order chi connectivity index (χ1) is 14.9. The van der Waals surface area contributed by atoms with Crippen LogP contribution in [0.1, 0.15) is 24.8 Å². The number of rotatable bonds is 9. The molecule has 0 spiro atoms. The number of sulfone groups is 1. The second-order valence-corrected chi connectivity index (χ2v) is 9.65. The lowest BCUT2D eigenvalue weighted by atomic mass is 10.1. The first kappa shape index (κ1) is 22.8. The van der Waals surface area contributed by atoms with Crippen molar-refractivity contribution in [3.63, 3.8) is 0 Å². The summed E-state index contributed by atoms with van der Waals surface area (Å²) in [4.78, 5) is 21.9. The van der Waals surface area contributed by atoms with Crippen molar-refractivity contribution in [2.75, 3.05) is 24.3 Å². The number of benzene rings is 1. The van der Waals surface area contributed by atoms with E-state index in [1.165, 1.54) is 24.3 Å². The van der Waals surface area contributed by atoms with Crippen LogP contribution in [0, 0.1) is 16.5 Å². The number of hydrogen-bond donors (Lipinski definition) is 1. The van der Waals surface area contributed by atoms with Crippen molar-refractivity contribution < 1.29 is 27.2 Å². The predicted octanol–water partition coefficient (Wildman–Crippen LogP) is 2.51. The molecule has 31 heavy (non-hydrogen) atoms. The number of nitriles is 1. The maximum atomic E-state index is 13.2.